The second kappa shape index (κ2) is 75.5. The van der Waals surface area contributed by atoms with Crippen LogP contribution in [0, 0.1) is 63.2 Å². The summed E-state index contributed by atoms with van der Waals surface area (Å²) in [6.45, 7) is 25.5. The fourth-order valence-corrected chi connectivity index (χ4v) is 13.4. The zero-order chi connectivity index (χ0) is 52.5. The molecule has 6 unspecified atom stereocenters. The first-order valence-corrected chi connectivity index (χ1v) is 34.7. The summed E-state index contributed by atoms with van der Waals surface area (Å²) in [4.78, 5) is 0. The van der Waals surface area contributed by atoms with E-state index < -0.39 is 0 Å². The third-order valence-electron chi connectivity index (χ3n) is 18.2. The SMILES string of the molecule is [CH2-]CCCCCCCC(CCCCCCCCC)C(CCCCCCC[CH2-])CCCCCCCCC.[CH2-]CCCCCCCC1CC(CCCCCCC)C(CCCCCCC)CC1CCCCCCC[CH2-].[Y].[Y].[Y].[Y]. The van der Waals surface area contributed by atoms with E-state index in [-0.39, 0.29) is 131 Å². The molecule has 1 rings (SSSR count). The minimum atomic E-state index is 0. The van der Waals surface area contributed by atoms with Gasteiger partial charge in [-0.05, 0) is 48.3 Å². The van der Waals surface area contributed by atoms with Crippen LogP contribution in [0.5, 0.6) is 0 Å². The minimum Gasteiger partial charge on any atom is -0.343 e. The summed E-state index contributed by atoms with van der Waals surface area (Å²) in [5, 5.41) is 0. The Morgan fingerprint density at radius 2 is 0.382 bits per heavy atom. The Morgan fingerprint density at radius 3 is 0.566 bits per heavy atom. The van der Waals surface area contributed by atoms with Crippen molar-refractivity contribution in [2.45, 2.75) is 400 Å². The predicted octanol–water partition coefficient (Wildman–Crippen LogP) is 26.7. The van der Waals surface area contributed by atoms with Crippen LogP contribution in [0.1, 0.15) is 400 Å². The summed E-state index contributed by atoms with van der Waals surface area (Å²) in [6, 6.07) is 0. The van der Waals surface area contributed by atoms with Crippen molar-refractivity contribution in [2.24, 2.45) is 35.5 Å². The van der Waals surface area contributed by atoms with Crippen molar-refractivity contribution in [2.75, 3.05) is 0 Å². The van der Waals surface area contributed by atoms with E-state index in [2.05, 4.69) is 55.4 Å². The van der Waals surface area contributed by atoms with Crippen molar-refractivity contribution >= 4 is 0 Å². The monoisotopic (exact) mass is 1360 g/mol. The van der Waals surface area contributed by atoms with Gasteiger partial charge in [0.1, 0.15) is 0 Å². The summed E-state index contributed by atoms with van der Waals surface area (Å²) in [7, 11) is 0. The smallest absolute Gasteiger partial charge is 0 e. The van der Waals surface area contributed by atoms with Crippen LogP contribution in [-0.4, -0.2) is 0 Å². The van der Waals surface area contributed by atoms with Gasteiger partial charge in [-0.25, -0.2) is 0 Å². The normalized spacial score (nSPS) is 16.9. The molecule has 1 fully saturated rings. The van der Waals surface area contributed by atoms with Crippen molar-refractivity contribution < 1.29 is 131 Å². The van der Waals surface area contributed by atoms with Gasteiger partial charge >= 0.3 is 0 Å². The molecule has 0 aromatic rings. The van der Waals surface area contributed by atoms with E-state index in [1.807, 2.05) is 0 Å². The maximum atomic E-state index is 4.03. The predicted molar refractivity (Wildman–Crippen MR) is 333 cm³/mol. The first-order valence-electron chi connectivity index (χ1n) is 34.7. The van der Waals surface area contributed by atoms with Crippen molar-refractivity contribution in [3.05, 3.63) is 27.7 Å². The molecule has 1 saturated carbocycles. The molecule has 0 spiro atoms. The van der Waals surface area contributed by atoms with E-state index in [9.17, 15) is 0 Å². The van der Waals surface area contributed by atoms with Crippen LogP contribution in [0.25, 0.3) is 0 Å². The zero-order valence-electron chi connectivity index (χ0n) is 53.6. The van der Waals surface area contributed by atoms with Crippen LogP contribution in [-0.2, 0) is 131 Å². The summed E-state index contributed by atoms with van der Waals surface area (Å²) in [5.74, 6) is 6.18. The van der Waals surface area contributed by atoms with Crippen LogP contribution in [0.4, 0.5) is 0 Å². The molecule has 0 heterocycles. The zero-order valence-corrected chi connectivity index (χ0v) is 65.0. The average Bonchev–Trinajstić information content (AvgIpc) is 3.39. The summed E-state index contributed by atoms with van der Waals surface area (Å²) < 4.78 is 0. The van der Waals surface area contributed by atoms with Gasteiger partial charge in [-0.3, -0.25) is 0 Å². The maximum absolute atomic E-state index is 4.03. The van der Waals surface area contributed by atoms with Crippen molar-refractivity contribution in [3.63, 3.8) is 0 Å². The van der Waals surface area contributed by atoms with Crippen molar-refractivity contribution in [3.8, 4) is 0 Å². The topological polar surface area (TPSA) is 0 Å². The third kappa shape index (κ3) is 60.1. The summed E-state index contributed by atoms with van der Waals surface area (Å²) in [6.07, 6.45) is 83.4. The molecule has 0 aromatic carbocycles. The first kappa shape index (κ1) is 89.2. The molecule has 76 heavy (non-hydrogen) atoms. The van der Waals surface area contributed by atoms with Crippen LogP contribution in [0.2, 0.25) is 0 Å². The summed E-state index contributed by atoms with van der Waals surface area (Å²) in [5.41, 5.74) is 0. The van der Waals surface area contributed by atoms with Crippen LogP contribution in [0.15, 0.2) is 0 Å². The van der Waals surface area contributed by atoms with Gasteiger partial charge in [0, 0.05) is 131 Å². The molecule has 0 bridgehead atoms. The van der Waals surface area contributed by atoms with Gasteiger partial charge in [0.05, 0.1) is 0 Å². The van der Waals surface area contributed by atoms with Crippen LogP contribution >= 0.6 is 0 Å². The Hall–Kier alpha value is 4.42. The van der Waals surface area contributed by atoms with Gasteiger partial charge in [0.15, 0.2) is 0 Å². The van der Waals surface area contributed by atoms with Crippen molar-refractivity contribution in [1.82, 2.24) is 0 Å². The Kier molecular flexibility index (Phi) is 88.6. The molecule has 4 heteroatoms. The van der Waals surface area contributed by atoms with E-state index in [0.29, 0.717) is 0 Å². The Labute approximate surface area is 586 Å². The number of rotatable bonds is 57. The fourth-order valence-electron chi connectivity index (χ4n) is 13.4. The molecule has 0 N–H and O–H groups in total. The third-order valence-corrected chi connectivity index (χ3v) is 18.2. The van der Waals surface area contributed by atoms with Gasteiger partial charge in [0.2, 0.25) is 0 Å². The Balaban J connectivity index is -0.000000420. The first-order chi connectivity index (χ1) is 35.6. The maximum Gasteiger partial charge on any atom is 0 e. The molecular weight excluding hydrogens is 1220 g/mol. The van der Waals surface area contributed by atoms with Gasteiger partial charge < -0.3 is 27.7 Å². The standard InChI is InChI=1S/C36H70.C36H72.4Y/c1-5-9-13-17-21-25-29-35-31-33(27-23-19-15-11-7-3)34(28-24-20-16-12-8-4)32-36(35)30-26-22-18-14-10-6-2;1-5-9-13-17-21-25-29-33-35(31-27-23-19-15-11-7-3)36(32-28-24-20-16-12-8-4)34-30-26-22-18-14-10-6-2;;;;/h33-36H,1-2,5-32H2,3-4H3;35-36H,3-34H2,1-2H3;;;;/q2*-2;;;;. The molecule has 0 saturated heterocycles. The van der Waals surface area contributed by atoms with E-state index in [1.54, 1.807) is 25.7 Å². The number of unbranched alkanes of at least 4 members (excludes halogenated alkanes) is 40. The molecule has 0 aromatic heterocycles. The van der Waals surface area contributed by atoms with E-state index in [4.69, 9.17) is 0 Å². The molecule has 6 atom stereocenters. The molecule has 0 nitrogen and oxygen atoms in total. The largest absolute Gasteiger partial charge is 0.343 e. The number of hydrogen-bond acceptors (Lipinski definition) is 0. The minimum absolute atomic E-state index is 0. The quantitative estimate of drug-likeness (QED) is 0.0421. The van der Waals surface area contributed by atoms with Gasteiger partial charge in [-0.15, -0.1) is 0 Å². The second-order valence-electron chi connectivity index (χ2n) is 24.9. The molecule has 1 aliphatic rings. The Morgan fingerprint density at radius 1 is 0.224 bits per heavy atom. The molecule has 4 radical (unpaired) electrons. The van der Waals surface area contributed by atoms with E-state index in [1.165, 1.54) is 321 Å². The fraction of sp³-hybridized carbons (Fsp3) is 0.944. The second-order valence-corrected chi connectivity index (χ2v) is 24.9. The van der Waals surface area contributed by atoms with E-state index >= 15 is 0 Å². The molecule has 1 aliphatic carbocycles. The van der Waals surface area contributed by atoms with Gasteiger partial charge in [-0.1, -0.05) is 362 Å². The van der Waals surface area contributed by atoms with Gasteiger partial charge in [0.25, 0.3) is 0 Å². The molecular formula is C72H142Y4-4. The molecule has 446 valence electrons. The van der Waals surface area contributed by atoms with Crippen LogP contribution in [0.3, 0.4) is 0 Å². The van der Waals surface area contributed by atoms with Gasteiger partial charge in [-0.2, -0.15) is 25.7 Å². The van der Waals surface area contributed by atoms with E-state index in [0.717, 1.165) is 61.2 Å². The Bertz CT molecular complexity index is 864. The molecule has 0 aliphatic heterocycles. The summed E-state index contributed by atoms with van der Waals surface area (Å²) >= 11 is 0. The number of hydrogen-bond donors (Lipinski definition) is 0. The van der Waals surface area contributed by atoms with Crippen LogP contribution < -0.4 is 0 Å². The molecule has 0 amide bonds. The average molecular weight is 1360 g/mol. The van der Waals surface area contributed by atoms with Crippen molar-refractivity contribution in [1.29, 1.82) is 0 Å².